The number of rotatable bonds is 0. The summed E-state index contributed by atoms with van der Waals surface area (Å²) in [7, 11) is 0. The van der Waals surface area contributed by atoms with Crippen molar-refractivity contribution in [2.75, 3.05) is 13.1 Å². The van der Waals surface area contributed by atoms with Gasteiger partial charge in [-0.1, -0.05) is 27.7 Å². The Kier molecular flexibility index (Phi) is 3.40. The summed E-state index contributed by atoms with van der Waals surface area (Å²) >= 11 is 0. The number of nitrogens with one attached hydrogen (secondary N) is 1. The second-order valence-electron chi connectivity index (χ2n) is 5.11. The average Bonchev–Trinajstić information content (AvgIpc) is 1.56. The van der Waals surface area contributed by atoms with Gasteiger partial charge in [0.05, 0.1) is 0 Å². The van der Waals surface area contributed by atoms with Gasteiger partial charge in [-0.15, -0.1) is 12.4 Å². The summed E-state index contributed by atoms with van der Waals surface area (Å²) in [5, 5.41) is 3.47. The van der Waals surface area contributed by atoms with Crippen LogP contribution in [0.1, 0.15) is 34.1 Å². The number of hydrogen-bond donors (Lipinski definition) is 1. The Hall–Kier alpha value is 0.250. The highest BCUT2D eigenvalue weighted by Gasteiger charge is 2.32. The van der Waals surface area contributed by atoms with Crippen LogP contribution in [0, 0.1) is 10.8 Å². The van der Waals surface area contributed by atoms with Gasteiger partial charge in [0.25, 0.3) is 0 Å². The molecule has 0 aromatic heterocycles. The molecule has 1 aliphatic heterocycles. The van der Waals surface area contributed by atoms with E-state index in [-0.39, 0.29) is 12.4 Å². The van der Waals surface area contributed by atoms with Crippen LogP contribution in [0.25, 0.3) is 0 Å². The summed E-state index contributed by atoms with van der Waals surface area (Å²) < 4.78 is 0. The molecular formula is C9H20ClN. The van der Waals surface area contributed by atoms with E-state index in [1.807, 2.05) is 0 Å². The molecule has 68 valence electrons. The van der Waals surface area contributed by atoms with Crippen molar-refractivity contribution in [3.05, 3.63) is 0 Å². The largest absolute Gasteiger partial charge is 0.316 e. The van der Waals surface area contributed by atoms with Crippen LogP contribution in [-0.2, 0) is 0 Å². The van der Waals surface area contributed by atoms with E-state index < -0.39 is 0 Å². The first-order valence-electron chi connectivity index (χ1n) is 4.12. The Morgan fingerprint density at radius 1 is 0.909 bits per heavy atom. The van der Waals surface area contributed by atoms with E-state index in [0.717, 1.165) is 0 Å². The zero-order valence-corrected chi connectivity index (χ0v) is 8.85. The van der Waals surface area contributed by atoms with E-state index in [0.29, 0.717) is 10.8 Å². The maximum atomic E-state index is 3.47. The summed E-state index contributed by atoms with van der Waals surface area (Å²) in [4.78, 5) is 0. The van der Waals surface area contributed by atoms with Crippen molar-refractivity contribution in [1.82, 2.24) is 5.32 Å². The third-order valence-corrected chi connectivity index (χ3v) is 2.16. The number of halogens is 1. The van der Waals surface area contributed by atoms with Gasteiger partial charge in [0.2, 0.25) is 0 Å². The number of hydrogen-bond acceptors (Lipinski definition) is 1. The summed E-state index contributed by atoms with van der Waals surface area (Å²) in [6.45, 7) is 11.7. The van der Waals surface area contributed by atoms with E-state index in [2.05, 4.69) is 33.0 Å². The molecule has 1 heterocycles. The molecule has 0 bridgehead atoms. The third-order valence-electron chi connectivity index (χ3n) is 2.16. The van der Waals surface area contributed by atoms with Crippen LogP contribution in [-0.4, -0.2) is 13.1 Å². The van der Waals surface area contributed by atoms with Crippen molar-refractivity contribution in [2.45, 2.75) is 34.1 Å². The molecule has 0 atom stereocenters. The fraction of sp³-hybridized carbons (Fsp3) is 1.00. The molecule has 0 aliphatic carbocycles. The highest BCUT2D eigenvalue weighted by atomic mass is 35.5. The lowest BCUT2D eigenvalue weighted by atomic mass is 9.72. The molecule has 0 unspecified atom stereocenters. The summed E-state index contributed by atoms with van der Waals surface area (Å²) in [5.41, 5.74) is 1.00. The molecule has 1 aliphatic rings. The van der Waals surface area contributed by atoms with E-state index >= 15 is 0 Å². The van der Waals surface area contributed by atoms with E-state index in [1.54, 1.807) is 0 Å². The van der Waals surface area contributed by atoms with Crippen LogP contribution in [0.2, 0.25) is 0 Å². The van der Waals surface area contributed by atoms with Gasteiger partial charge in [-0.25, -0.2) is 0 Å². The molecular weight excluding hydrogens is 158 g/mol. The lowest BCUT2D eigenvalue weighted by Gasteiger charge is -2.41. The van der Waals surface area contributed by atoms with E-state index in [9.17, 15) is 0 Å². The zero-order chi connectivity index (χ0) is 7.83. The molecule has 0 aromatic carbocycles. The Bertz CT molecular complexity index is 116. The predicted octanol–water partition coefficient (Wildman–Crippen LogP) is 2.45. The van der Waals surface area contributed by atoms with Gasteiger partial charge in [0, 0.05) is 13.1 Å². The van der Waals surface area contributed by atoms with Crippen molar-refractivity contribution in [3.8, 4) is 0 Å². The molecule has 0 saturated carbocycles. The average molecular weight is 178 g/mol. The molecule has 0 aromatic rings. The standard InChI is InChI=1S/C9H19N.ClH/c1-8(2)5-9(3,4)7-10-6-8;/h10H,5-7H2,1-4H3;1H. The summed E-state index contributed by atoms with van der Waals surface area (Å²) in [6.07, 6.45) is 1.34. The van der Waals surface area contributed by atoms with Crippen molar-refractivity contribution >= 4 is 12.4 Å². The Morgan fingerprint density at radius 2 is 1.27 bits per heavy atom. The fourth-order valence-corrected chi connectivity index (χ4v) is 2.16. The van der Waals surface area contributed by atoms with Crippen LogP contribution in [0.4, 0.5) is 0 Å². The van der Waals surface area contributed by atoms with Gasteiger partial charge in [0.15, 0.2) is 0 Å². The summed E-state index contributed by atoms with van der Waals surface area (Å²) in [5.74, 6) is 0. The van der Waals surface area contributed by atoms with Gasteiger partial charge in [0.1, 0.15) is 0 Å². The van der Waals surface area contributed by atoms with Gasteiger partial charge >= 0.3 is 0 Å². The first-order chi connectivity index (χ1) is 4.41. The maximum absolute atomic E-state index is 3.47. The topological polar surface area (TPSA) is 12.0 Å². The predicted molar refractivity (Wildman–Crippen MR) is 52.3 cm³/mol. The normalized spacial score (nSPS) is 27.3. The Balaban J connectivity index is 0.000001000. The van der Waals surface area contributed by atoms with Crippen LogP contribution < -0.4 is 5.32 Å². The summed E-state index contributed by atoms with van der Waals surface area (Å²) in [6, 6.07) is 0. The molecule has 11 heavy (non-hydrogen) atoms. The van der Waals surface area contributed by atoms with Crippen LogP contribution in [0.15, 0.2) is 0 Å². The molecule has 0 radical (unpaired) electrons. The Morgan fingerprint density at radius 3 is 1.45 bits per heavy atom. The monoisotopic (exact) mass is 177 g/mol. The van der Waals surface area contributed by atoms with Crippen LogP contribution >= 0.6 is 12.4 Å². The van der Waals surface area contributed by atoms with Crippen molar-refractivity contribution in [1.29, 1.82) is 0 Å². The molecule has 1 nitrogen and oxygen atoms in total. The molecule has 0 spiro atoms. The number of piperidine rings is 1. The van der Waals surface area contributed by atoms with Crippen LogP contribution in [0.5, 0.6) is 0 Å². The van der Waals surface area contributed by atoms with Gasteiger partial charge in [-0.3, -0.25) is 0 Å². The van der Waals surface area contributed by atoms with E-state index in [1.165, 1.54) is 19.5 Å². The molecule has 1 saturated heterocycles. The second kappa shape index (κ2) is 3.32. The minimum Gasteiger partial charge on any atom is -0.316 e. The first kappa shape index (κ1) is 11.2. The van der Waals surface area contributed by atoms with Gasteiger partial charge in [-0.05, 0) is 17.3 Å². The van der Waals surface area contributed by atoms with Crippen molar-refractivity contribution in [3.63, 3.8) is 0 Å². The van der Waals surface area contributed by atoms with Gasteiger partial charge < -0.3 is 5.32 Å². The molecule has 1 fully saturated rings. The van der Waals surface area contributed by atoms with Gasteiger partial charge in [-0.2, -0.15) is 0 Å². The van der Waals surface area contributed by atoms with E-state index in [4.69, 9.17) is 0 Å². The fourth-order valence-electron chi connectivity index (χ4n) is 2.16. The van der Waals surface area contributed by atoms with Crippen molar-refractivity contribution < 1.29 is 0 Å². The molecule has 1 N–H and O–H groups in total. The van der Waals surface area contributed by atoms with Crippen molar-refractivity contribution in [2.24, 2.45) is 10.8 Å². The second-order valence-corrected chi connectivity index (χ2v) is 5.11. The lowest BCUT2D eigenvalue weighted by Crippen LogP contribution is -2.45. The minimum absolute atomic E-state index is 0. The maximum Gasteiger partial charge on any atom is 0.000295 e. The molecule has 0 amide bonds. The molecule has 2 heteroatoms. The Labute approximate surface area is 76.4 Å². The third kappa shape index (κ3) is 3.44. The quantitative estimate of drug-likeness (QED) is 0.600. The highest BCUT2D eigenvalue weighted by Crippen LogP contribution is 2.35. The lowest BCUT2D eigenvalue weighted by molar-refractivity contribution is 0.136. The highest BCUT2D eigenvalue weighted by molar-refractivity contribution is 5.85. The zero-order valence-electron chi connectivity index (χ0n) is 8.03. The SMILES string of the molecule is CC1(C)CNCC(C)(C)C1.Cl. The van der Waals surface area contributed by atoms with Crippen LogP contribution in [0.3, 0.4) is 0 Å². The molecule has 1 rings (SSSR count). The minimum atomic E-state index is 0. The smallest absolute Gasteiger partial charge is 0.000295 e. The first-order valence-corrected chi connectivity index (χ1v) is 4.12.